The van der Waals surface area contributed by atoms with E-state index in [9.17, 15) is 20.1 Å². The van der Waals surface area contributed by atoms with Crippen LogP contribution in [0, 0.1) is 50.7 Å². The van der Waals surface area contributed by atoms with Gasteiger partial charge < -0.3 is 29.5 Å². The van der Waals surface area contributed by atoms with Gasteiger partial charge in [-0.15, -0.1) is 0 Å². The van der Waals surface area contributed by atoms with Crippen LogP contribution in [0.5, 0.6) is 0 Å². The fraction of sp³-hybridized carbons (Fsp3) is 0.914. The van der Waals surface area contributed by atoms with Crippen LogP contribution < -0.4 is 0 Å². The van der Waals surface area contributed by atoms with Gasteiger partial charge in [0.05, 0.1) is 18.1 Å². The van der Waals surface area contributed by atoms with Gasteiger partial charge in [0.15, 0.2) is 6.29 Å². The Morgan fingerprint density at radius 1 is 0.881 bits per heavy atom. The standard InChI is InChI=1S/C35H54O7/c1-19-25-20-8-9-23-31(4)12-11-24(41-28-27(38)26(37)21(36)18-40-28)30(2,3)22(31)10-13-33(23,6)32(20,5)14-16-35(25)17-15-34(19,7)42-29(35)39/h8,19,21-28,36-38H,9-18H2,1-7H3. The van der Waals surface area contributed by atoms with Crippen LogP contribution >= 0.6 is 0 Å². The largest absolute Gasteiger partial charge is 0.459 e. The lowest BCUT2D eigenvalue weighted by atomic mass is 9.33. The van der Waals surface area contributed by atoms with E-state index in [0.29, 0.717) is 17.8 Å². The van der Waals surface area contributed by atoms with Crippen molar-refractivity contribution in [3.05, 3.63) is 11.6 Å². The molecule has 42 heavy (non-hydrogen) atoms. The van der Waals surface area contributed by atoms with E-state index in [1.54, 1.807) is 5.57 Å². The molecule has 0 aromatic carbocycles. The van der Waals surface area contributed by atoms with Crippen molar-refractivity contribution in [1.82, 2.24) is 0 Å². The number of carbonyl (C=O) groups excluding carboxylic acids is 1. The lowest BCUT2D eigenvalue weighted by Gasteiger charge is -2.72. The SMILES string of the molecule is CC1C2C3=CCC4C5(C)CCC(OC6OCC(O)C(O)C6O)C(C)(C)C5CCC4(C)C3(C)CCC23CCC1(C)OC3=O. The second-order valence-electron chi connectivity index (χ2n) is 17.2. The first-order chi connectivity index (χ1) is 19.6. The zero-order valence-electron chi connectivity index (χ0n) is 26.8. The van der Waals surface area contributed by atoms with Crippen molar-refractivity contribution in [2.45, 2.75) is 143 Å². The molecule has 236 valence electrons. The molecule has 3 heterocycles. The second-order valence-corrected chi connectivity index (χ2v) is 17.2. The Morgan fingerprint density at radius 2 is 1.60 bits per heavy atom. The van der Waals surface area contributed by atoms with Crippen LogP contribution in [0.4, 0.5) is 0 Å². The molecule has 8 rings (SSSR count). The smallest absolute Gasteiger partial charge is 0.313 e. The molecule has 8 aliphatic rings. The van der Waals surface area contributed by atoms with E-state index in [1.807, 2.05) is 0 Å². The third-order valence-electron chi connectivity index (χ3n) is 15.5. The summed E-state index contributed by atoms with van der Waals surface area (Å²) >= 11 is 0. The number of aliphatic hydroxyl groups is 3. The minimum atomic E-state index is -1.26. The predicted octanol–water partition coefficient (Wildman–Crippen LogP) is 5.15. The van der Waals surface area contributed by atoms with E-state index in [4.69, 9.17) is 14.2 Å². The summed E-state index contributed by atoms with van der Waals surface area (Å²) in [5, 5.41) is 30.8. The van der Waals surface area contributed by atoms with Crippen molar-refractivity contribution in [2.24, 2.45) is 50.7 Å². The zero-order valence-corrected chi connectivity index (χ0v) is 26.8. The Kier molecular flexibility index (Phi) is 6.40. The molecule has 14 atom stereocenters. The minimum absolute atomic E-state index is 0.0391. The molecule has 7 heteroatoms. The van der Waals surface area contributed by atoms with Crippen LogP contribution in [0.1, 0.15) is 106 Å². The molecule has 14 unspecified atom stereocenters. The van der Waals surface area contributed by atoms with Crippen LogP contribution in [0.15, 0.2) is 11.6 Å². The summed E-state index contributed by atoms with van der Waals surface area (Å²) in [7, 11) is 0. The van der Waals surface area contributed by atoms with Crippen molar-refractivity contribution in [1.29, 1.82) is 0 Å². The van der Waals surface area contributed by atoms with Gasteiger partial charge in [0.25, 0.3) is 0 Å². The summed E-state index contributed by atoms with van der Waals surface area (Å²) in [6.07, 6.45) is 7.17. The molecule has 7 fully saturated rings. The normalized spacial score (nSPS) is 58.1. The summed E-state index contributed by atoms with van der Waals surface area (Å²) in [6, 6.07) is 0. The number of allylic oxidation sites excluding steroid dienone is 2. The number of hydrogen-bond donors (Lipinski definition) is 3. The molecule has 7 nitrogen and oxygen atoms in total. The molecule has 0 radical (unpaired) electrons. The molecule has 5 aliphatic carbocycles. The first-order valence-electron chi connectivity index (χ1n) is 16.8. The van der Waals surface area contributed by atoms with Gasteiger partial charge in [0, 0.05) is 11.8 Å². The van der Waals surface area contributed by atoms with Crippen LogP contribution in [0.3, 0.4) is 0 Å². The average molecular weight is 587 g/mol. The molecule has 0 aromatic rings. The number of carbonyl (C=O) groups is 1. The summed E-state index contributed by atoms with van der Waals surface area (Å²) in [6.45, 7) is 16.8. The van der Waals surface area contributed by atoms with E-state index in [2.05, 4.69) is 54.5 Å². The highest BCUT2D eigenvalue weighted by atomic mass is 16.7. The topological polar surface area (TPSA) is 105 Å². The molecule has 3 saturated heterocycles. The van der Waals surface area contributed by atoms with Crippen LogP contribution in [0.2, 0.25) is 0 Å². The maximum absolute atomic E-state index is 13.5. The lowest BCUT2D eigenvalue weighted by molar-refractivity contribution is -0.308. The maximum Gasteiger partial charge on any atom is 0.313 e. The van der Waals surface area contributed by atoms with Gasteiger partial charge in [0.1, 0.15) is 23.9 Å². The molecule has 1 spiro atoms. The molecule has 3 N–H and O–H groups in total. The molecule has 0 aromatic heterocycles. The Labute approximate surface area is 251 Å². The van der Waals surface area contributed by atoms with Crippen molar-refractivity contribution >= 4 is 5.97 Å². The third-order valence-corrected chi connectivity index (χ3v) is 15.5. The first kappa shape index (κ1) is 29.7. The quantitative estimate of drug-likeness (QED) is 0.234. The number of fused-ring (bicyclic) bond motifs is 7. The number of rotatable bonds is 2. The fourth-order valence-corrected chi connectivity index (χ4v) is 12.5. The highest BCUT2D eigenvalue weighted by molar-refractivity contribution is 5.81. The molecular weight excluding hydrogens is 532 g/mol. The number of ether oxygens (including phenoxy) is 3. The van der Waals surface area contributed by atoms with Crippen molar-refractivity contribution in [3.63, 3.8) is 0 Å². The average Bonchev–Trinajstić information content (AvgIpc) is 2.92. The molecule has 2 bridgehead atoms. The van der Waals surface area contributed by atoms with Gasteiger partial charge in [-0.3, -0.25) is 4.79 Å². The molecule has 3 aliphatic heterocycles. The zero-order chi connectivity index (χ0) is 30.3. The molecular formula is C35H54O7. The van der Waals surface area contributed by atoms with Crippen LogP contribution in [0.25, 0.3) is 0 Å². The van der Waals surface area contributed by atoms with E-state index >= 15 is 0 Å². The monoisotopic (exact) mass is 586 g/mol. The van der Waals surface area contributed by atoms with Crippen molar-refractivity contribution < 1.29 is 34.3 Å². The highest BCUT2D eigenvalue weighted by Crippen LogP contribution is 2.77. The van der Waals surface area contributed by atoms with Gasteiger partial charge in [-0.2, -0.15) is 0 Å². The molecule has 0 amide bonds. The maximum atomic E-state index is 13.5. The van der Waals surface area contributed by atoms with Gasteiger partial charge in [-0.05, 0) is 98.2 Å². The van der Waals surface area contributed by atoms with E-state index < -0.39 is 24.6 Å². The van der Waals surface area contributed by atoms with Crippen LogP contribution in [-0.4, -0.2) is 64.2 Å². The second kappa shape index (κ2) is 9.05. The fourth-order valence-electron chi connectivity index (χ4n) is 12.5. The third kappa shape index (κ3) is 3.49. The van der Waals surface area contributed by atoms with Gasteiger partial charge >= 0.3 is 5.97 Å². The first-order valence-corrected chi connectivity index (χ1v) is 16.8. The summed E-state index contributed by atoms with van der Waals surface area (Å²) in [5.41, 5.74) is 1.10. The Bertz CT molecular complexity index is 1180. The van der Waals surface area contributed by atoms with Crippen molar-refractivity contribution in [3.8, 4) is 0 Å². The van der Waals surface area contributed by atoms with Gasteiger partial charge in [-0.1, -0.05) is 53.2 Å². The number of hydrogen-bond acceptors (Lipinski definition) is 7. The van der Waals surface area contributed by atoms with Crippen LogP contribution in [-0.2, 0) is 19.0 Å². The Balaban J connectivity index is 1.19. The van der Waals surface area contributed by atoms with Gasteiger partial charge in [0.2, 0.25) is 0 Å². The summed E-state index contributed by atoms with van der Waals surface area (Å²) in [5.74, 6) is 1.68. The van der Waals surface area contributed by atoms with E-state index in [0.717, 1.165) is 57.8 Å². The molecule has 4 saturated carbocycles. The Hall–Kier alpha value is -0.990. The summed E-state index contributed by atoms with van der Waals surface area (Å²) < 4.78 is 18.3. The minimum Gasteiger partial charge on any atom is -0.459 e. The Morgan fingerprint density at radius 3 is 2.31 bits per heavy atom. The van der Waals surface area contributed by atoms with E-state index in [-0.39, 0.29) is 57.3 Å². The summed E-state index contributed by atoms with van der Waals surface area (Å²) in [4.78, 5) is 13.5. The van der Waals surface area contributed by atoms with Crippen molar-refractivity contribution in [2.75, 3.05) is 6.61 Å². The number of esters is 1. The highest BCUT2D eigenvalue weighted by Gasteiger charge is 2.73. The lowest BCUT2D eigenvalue weighted by Crippen LogP contribution is -2.69. The predicted molar refractivity (Wildman–Crippen MR) is 157 cm³/mol. The number of aliphatic hydroxyl groups excluding tert-OH is 3. The van der Waals surface area contributed by atoms with Gasteiger partial charge in [-0.25, -0.2) is 0 Å². The van der Waals surface area contributed by atoms with E-state index in [1.165, 1.54) is 0 Å².